The highest BCUT2D eigenvalue weighted by atomic mass is 19.1. The molecule has 1 aromatic carbocycles. The summed E-state index contributed by atoms with van der Waals surface area (Å²) >= 11 is 0. The minimum atomic E-state index is -0.889. The van der Waals surface area contributed by atoms with Crippen molar-refractivity contribution in [2.45, 2.75) is 19.3 Å². The molecule has 1 aliphatic heterocycles. The molecule has 1 saturated heterocycles. The largest absolute Gasteiger partial charge is 0.493 e. The van der Waals surface area contributed by atoms with Crippen molar-refractivity contribution >= 4 is 28.6 Å². The summed E-state index contributed by atoms with van der Waals surface area (Å²) < 4.78 is 43.1. The molecule has 5 rings (SSSR count). The van der Waals surface area contributed by atoms with Gasteiger partial charge in [-0.3, -0.25) is 14.5 Å². The van der Waals surface area contributed by atoms with E-state index in [1.165, 1.54) is 19.1 Å². The number of amides is 1. The van der Waals surface area contributed by atoms with E-state index in [0.29, 0.717) is 42.8 Å². The summed E-state index contributed by atoms with van der Waals surface area (Å²) in [5.74, 6) is -1.77. The monoisotopic (exact) mass is 523 g/mol. The molecular formula is C26H27F2N7O3. The normalized spacial score (nSPS) is 13.4. The number of nitrogens with zero attached hydrogens (tertiary/aromatic N) is 7. The van der Waals surface area contributed by atoms with Crippen LogP contribution in [0.25, 0.3) is 22.4 Å². The van der Waals surface area contributed by atoms with Crippen molar-refractivity contribution in [1.82, 2.24) is 29.6 Å². The number of ether oxygens (including phenoxy) is 2. The van der Waals surface area contributed by atoms with Crippen LogP contribution < -0.4 is 14.4 Å². The smallest absolute Gasteiger partial charge is 0.222 e. The predicted octanol–water partition coefficient (Wildman–Crippen LogP) is 3.87. The van der Waals surface area contributed by atoms with Gasteiger partial charge in [0.25, 0.3) is 0 Å². The second-order valence-corrected chi connectivity index (χ2v) is 8.92. The third-order valence-corrected chi connectivity index (χ3v) is 6.47. The Hall–Kier alpha value is -4.35. The topological polar surface area (TPSA) is 98.5 Å². The maximum absolute atomic E-state index is 15.6. The number of hydrogen-bond donors (Lipinski definition) is 0. The van der Waals surface area contributed by atoms with Gasteiger partial charge in [0.1, 0.15) is 17.0 Å². The molecule has 0 spiro atoms. The van der Waals surface area contributed by atoms with Gasteiger partial charge in [-0.05, 0) is 25.0 Å². The number of likely N-dealkylation sites (tertiary alicyclic amines) is 1. The standard InChI is InChI=1S/C26H27F2N7O3/c1-33-15-16(13-30-33)18-14-29-17-7-8-21(32-26(17)31-18)35(11-5-10-34-9-4-6-22(34)36)25-23(27)19(37-2)12-20(38-3)24(25)28/h7-8,12-15H,4-6,9-11H2,1-3H3. The number of carbonyl (C=O) groups is 1. The van der Waals surface area contributed by atoms with Gasteiger partial charge in [-0.1, -0.05) is 0 Å². The number of fused-ring (bicyclic) bond motifs is 1. The molecule has 1 amide bonds. The molecule has 198 valence electrons. The van der Waals surface area contributed by atoms with Gasteiger partial charge in [0.15, 0.2) is 28.8 Å². The lowest BCUT2D eigenvalue weighted by molar-refractivity contribution is -0.127. The fourth-order valence-corrected chi connectivity index (χ4v) is 4.54. The number of aromatic nitrogens is 5. The summed E-state index contributed by atoms with van der Waals surface area (Å²) in [6.45, 7) is 1.30. The molecule has 0 bridgehead atoms. The van der Waals surface area contributed by atoms with E-state index >= 15 is 8.78 Å². The number of pyridine rings is 1. The molecule has 0 radical (unpaired) electrons. The minimum Gasteiger partial charge on any atom is -0.493 e. The zero-order chi connectivity index (χ0) is 26.8. The summed E-state index contributed by atoms with van der Waals surface area (Å²) in [5, 5.41) is 4.17. The third-order valence-electron chi connectivity index (χ3n) is 6.47. The second kappa shape index (κ2) is 10.6. The van der Waals surface area contributed by atoms with Crippen LogP contribution in [0.15, 0.2) is 36.8 Å². The molecule has 4 aromatic rings. The van der Waals surface area contributed by atoms with Crippen LogP contribution in [0.1, 0.15) is 19.3 Å². The highest BCUT2D eigenvalue weighted by Crippen LogP contribution is 2.40. The summed E-state index contributed by atoms with van der Waals surface area (Å²) in [5.41, 5.74) is 1.79. The van der Waals surface area contributed by atoms with E-state index in [9.17, 15) is 4.79 Å². The van der Waals surface area contributed by atoms with Gasteiger partial charge in [0.05, 0.1) is 32.3 Å². The molecule has 0 aliphatic carbocycles. The molecule has 0 atom stereocenters. The number of methoxy groups -OCH3 is 2. The fraction of sp³-hybridized carbons (Fsp3) is 0.346. The number of anilines is 2. The molecule has 0 N–H and O–H groups in total. The molecular weight excluding hydrogens is 496 g/mol. The van der Waals surface area contributed by atoms with Crippen LogP contribution in [0.5, 0.6) is 11.5 Å². The third kappa shape index (κ3) is 4.81. The molecule has 1 fully saturated rings. The van der Waals surface area contributed by atoms with Crippen molar-refractivity contribution in [3.8, 4) is 22.8 Å². The van der Waals surface area contributed by atoms with Gasteiger partial charge in [0.2, 0.25) is 5.91 Å². The van der Waals surface area contributed by atoms with Crippen LogP contribution in [-0.2, 0) is 11.8 Å². The van der Waals surface area contributed by atoms with Crippen molar-refractivity contribution in [2.24, 2.45) is 7.05 Å². The summed E-state index contributed by atoms with van der Waals surface area (Å²) in [6, 6.07) is 4.49. The number of halogens is 2. The average molecular weight is 524 g/mol. The van der Waals surface area contributed by atoms with Crippen molar-refractivity contribution in [2.75, 3.05) is 38.8 Å². The Kier molecular flexibility index (Phi) is 7.03. The lowest BCUT2D eigenvalue weighted by atomic mass is 10.2. The Labute approximate surface area is 217 Å². The van der Waals surface area contributed by atoms with Crippen LogP contribution in [0.4, 0.5) is 20.3 Å². The SMILES string of the molecule is COc1cc(OC)c(F)c(N(CCCN2CCCC2=O)c2ccc3ncc(-c4cnn(C)c4)nc3n2)c1F. The number of benzene rings is 1. The van der Waals surface area contributed by atoms with E-state index in [1.54, 1.807) is 47.4 Å². The van der Waals surface area contributed by atoms with E-state index in [4.69, 9.17) is 9.47 Å². The van der Waals surface area contributed by atoms with Gasteiger partial charge in [-0.25, -0.2) is 18.7 Å². The summed E-state index contributed by atoms with van der Waals surface area (Å²) in [6.07, 6.45) is 6.87. The van der Waals surface area contributed by atoms with Crippen LogP contribution in [0.3, 0.4) is 0 Å². The Bertz CT molecular complexity index is 1470. The Morgan fingerprint density at radius 1 is 1.08 bits per heavy atom. The summed E-state index contributed by atoms with van der Waals surface area (Å²) in [4.78, 5) is 29.0. The van der Waals surface area contributed by atoms with Crippen molar-refractivity contribution in [3.05, 3.63) is 48.4 Å². The van der Waals surface area contributed by atoms with Crippen LogP contribution in [0.2, 0.25) is 0 Å². The highest BCUT2D eigenvalue weighted by molar-refractivity contribution is 5.78. The summed E-state index contributed by atoms with van der Waals surface area (Å²) in [7, 11) is 4.40. The van der Waals surface area contributed by atoms with Gasteiger partial charge < -0.3 is 19.3 Å². The van der Waals surface area contributed by atoms with E-state index in [0.717, 1.165) is 18.1 Å². The highest BCUT2D eigenvalue weighted by Gasteiger charge is 2.27. The van der Waals surface area contributed by atoms with Crippen molar-refractivity contribution in [1.29, 1.82) is 0 Å². The quantitative estimate of drug-likeness (QED) is 0.326. The van der Waals surface area contributed by atoms with E-state index in [1.807, 2.05) is 0 Å². The lowest BCUT2D eigenvalue weighted by Gasteiger charge is -2.27. The molecule has 12 heteroatoms. The Morgan fingerprint density at radius 3 is 2.47 bits per heavy atom. The first-order chi connectivity index (χ1) is 18.4. The van der Waals surface area contributed by atoms with Gasteiger partial charge in [-0.2, -0.15) is 5.10 Å². The van der Waals surface area contributed by atoms with Gasteiger partial charge in [-0.15, -0.1) is 0 Å². The van der Waals surface area contributed by atoms with E-state index in [2.05, 4.69) is 20.1 Å². The Morgan fingerprint density at radius 2 is 1.84 bits per heavy atom. The molecule has 0 unspecified atom stereocenters. The van der Waals surface area contributed by atoms with Crippen LogP contribution in [0, 0.1) is 11.6 Å². The maximum atomic E-state index is 15.6. The lowest BCUT2D eigenvalue weighted by Crippen LogP contribution is -2.30. The predicted molar refractivity (Wildman–Crippen MR) is 136 cm³/mol. The first kappa shape index (κ1) is 25.3. The van der Waals surface area contributed by atoms with E-state index in [-0.39, 0.29) is 35.5 Å². The average Bonchev–Trinajstić information content (AvgIpc) is 3.55. The van der Waals surface area contributed by atoms with Crippen LogP contribution >= 0.6 is 0 Å². The second-order valence-electron chi connectivity index (χ2n) is 8.92. The first-order valence-electron chi connectivity index (χ1n) is 12.2. The molecule has 1 aliphatic rings. The molecule has 4 heterocycles. The Balaban J connectivity index is 1.57. The molecule has 38 heavy (non-hydrogen) atoms. The minimum absolute atomic E-state index is 0.0824. The zero-order valence-corrected chi connectivity index (χ0v) is 21.3. The fourth-order valence-electron chi connectivity index (χ4n) is 4.54. The maximum Gasteiger partial charge on any atom is 0.222 e. The number of aryl methyl sites for hydroxylation is 1. The van der Waals surface area contributed by atoms with Crippen LogP contribution in [-0.4, -0.2) is 69.4 Å². The molecule has 3 aromatic heterocycles. The molecule has 10 nitrogen and oxygen atoms in total. The van der Waals surface area contributed by atoms with Gasteiger partial charge in [0, 0.05) is 50.9 Å². The van der Waals surface area contributed by atoms with Crippen molar-refractivity contribution < 1.29 is 23.0 Å². The zero-order valence-electron chi connectivity index (χ0n) is 21.3. The number of carbonyl (C=O) groups excluding carboxylic acids is 1. The first-order valence-corrected chi connectivity index (χ1v) is 12.2. The van der Waals surface area contributed by atoms with Crippen molar-refractivity contribution in [3.63, 3.8) is 0 Å². The molecule has 0 saturated carbocycles. The number of rotatable bonds is 9. The van der Waals surface area contributed by atoms with E-state index < -0.39 is 11.6 Å². The number of hydrogen-bond acceptors (Lipinski definition) is 8. The van der Waals surface area contributed by atoms with Gasteiger partial charge >= 0.3 is 0 Å².